The largest absolute Gasteiger partial charge is 0.399 e. The Morgan fingerprint density at radius 1 is 1.41 bits per heavy atom. The Hall–Kier alpha value is -1.27. The van der Waals surface area contributed by atoms with Gasteiger partial charge in [0, 0.05) is 11.7 Å². The molecule has 1 aromatic rings. The van der Waals surface area contributed by atoms with Crippen LogP contribution in [0.15, 0.2) is 23.1 Å². The van der Waals surface area contributed by atoms with Crippen LogP contribution in [-0.4, -0.2) is 21.5 Å². The average Bonchev–Trinajstić information content (AvgIpc) is 2.97. The van der Waals surface area contributed by atoms with Crippen LogP contribution < -0.4 is 15.8 Å². The summed E-state index contributed by atoms with van der Waals surface area (Å²) in [5, 5.41) is 3.23. The Morgan fingerprint density at radius 3 is 2.59 bits per heavy atom. The smallest absolute Gasteiger partial charge is 0.242 e. The highest BCUT2D eigenvalue weighted by atomic mass is 32.2. The van der Waals surface area contributed by atoms with E-state index in [1.165, 1.54) is 13.1 Å². The molecule has 0 amide bonds. The van der Waals surface area contributed by atoms with E-state index < -0.39 is 10.0 Å². The summed E-state index contributed by atoms with van der Waals surface area (Å²) in [5.41, 5.74) is 6.68. The minimum atomic E-state index is -3.48. The van der Waals surface area contributed by atoms with E-state index in [0.29, 0.717) is 23.3 Å². The van der Waals surface area contributed by atoms with Crippen molar-refractivity contribution in [3.63, 3.8) is 0 Å². The Kier molecular flexibility index (Phi) is 3.01. The van der Waals surface area contributed by atoms with Crippen LogP contribution in [0.5, 0.6) is 0 Å². The lowest BCUT2D eigenvalue weighted by molar-refractivity contribution is 0.588. The Labute approximate surface area is 101 Å². The molecule has 4 N–H and O–H groups in total. The third kappa shape index (κ3) is 2.53. The first-order valence-electron chi connectivity index (χ1n) is 5.53. The van der Waals surface area contributed by atoms with Crippen LogP contribution in [0.3, 0.4) is 0 Å². The number of hydrogen-bond donors (Lipinski definition) is 3. The number of nitrogens with two attached hydrogens (primary N) is 1. The summed E-state index contributed by atoms with van der Waals surface area (Å²) in [6.45, 7) is 2.13. The molecule has 1 saturated carbocycles. The fraction of sp³-hybridized carbons (Fsp3) is 0.455. The third-order valence-corrected chi connectivity index (χ3v) is 4.47. The van der Waals surface area contributed by atoms with E-state index in [-0.39, 0.29) is 4.90 Å². The fourth-order valence-corrected chi connectivity index (χ4v) is 2.64. The van der Waals surface area contributed by atoms with Gasteiger partial charge in [-0.05, 0) is 37.6 Å². The molecule has 0 heterocycles. The maximum absolute atomic E-state index is 11.9. The molecule has 1 aliphatic rings. The van der Waals surface area contributed by atoms with E-state index in [2.05, 4.69) is 17.0 Å². The highest BCUT2D eigenvalue weighted by Crippen LogP contribution is 2.35. The predicted molar refractivity (Wildman–Crippen MR) is 68.3 cm³/mol. The van der Waals surface area contributed by atoms with E-state index in [9.17, 15) is 8.42 Å². The van der Waals surface area contributed by atoms with Gasteiger partial charge in [-0.3, -0.25) is 0 Å². The summed E-state index contributed by atoms with van der Waals surface area (Å²) in [4.78, 5) is 0.208. The van der Waals surface area contributed by atoms with Crippen LogP contribution in [-0.2, 0) is 10.0 Å². The predicted octanol–water partition coefficient (Wildman–Crippen LogP) is 0.997. The molecule has 0 radical (unpaired) electrons. The van der Waals surface area contributed by atoms with Crippen LogP contribution in [0, 0.1) is 5.92 Å². The van der Waals surface area contributed by atoms with Crippen LogP contribution in [0.1, 0.15) is 13.3 Å². The molecule has 17 heavy (non-hydrogen) atoms. The van der Waals surface area contributed by atoms with E-state index in [4.69, 9.17) is 5.73 Å². The molecule has 5 nitrogen and oxygen atoms in total. The van der Waals surface area contributed by atoms with Crippen molar-refractivity contribution < 1.29 is 8.42 Å². The van der Waals surface area contributed by atoms with Crippen molar-refractivity contribution in [1.82, 2.24) is 4.72 Å². The van der Waals surface area contributed by atoms with Crippen LogP contribution in [0.25, 0.3) is 0 Å². The zero-order valence-corrected chi connectivity index (χ0v) is 10.7. The zero-order chi connectivity index (χ0) is 12.6. The molecular formula is C11H17N3O2S. The van der Waals surface area contributed by atoms with E-state index >= 15 is 0 Å². The number of benzene rings is 1. The number of rotatable bonds is 4. The summed E-state index contributed by atoms with van der Waals surface area (Å²) in [7, 11) is -2.09. The van der Waals surface area contributed by atoms with E-state index in [1.807, 2.05) is 0 Å². The van der Waals surface area contributed by atoms with Gasteiger partial charge in [0.25, 0.3) is 0 Å². The molecule has 0 bridgehead atoms. The summed E-state index contributed by atoms with van der Waals surface area (Å²) in [5.74, 6) is 0.595. The topological polar surface area (TPSA) is 84.2 Å². The van der Waals surface area contributed by atoms with Crippen molar-refractivity contribution in [1.29, 1.82) is 0 Å². The summed E-state index contributed by atoms with van der Waals surface area (Å²) < 4.78 is 26.0. The van der Waals surface area contributed by atoms with Crippen LogP contribution in [0.4, 0.5) is 11.4 Å². The van der Waals surface area contributed by atoms with E-state index in [0.717, 1.165) is 6.42 Å². The first-order valence-corrected chi connectivity index (χ1v) is 7.02. The van der Waals surface area contributed by atoms with Crippen molar-refractivity contribution in [2.24, 2.45) is 5.92 Å². The summed E-state index contributed by atoms with van der Waals surface area (Å²) in [6.07, 6.45) is 1.07. The van der Waals surface area contributed by atoms with E-state index in [1.54, 1.807) is 12.1 Å². The molecule has 2 atom stereocenters. The number of hydrogen-bond acceptors (Lipinski definition) is 4. The van der Waals surface area contributed by atoms with Gasteiger partial charge >= 0.3 is 0 Å². The second-order valence-corrected chi connectivity index (χ2v) is 6.28. The Morgan fingerprint density at radius 2 is 2.06 bits per heavy atom. The van der Waals surface area contributed by atoms with Gasteiger partial charge in [0.15, 0.2) is 0 Å². The summed E-state index contributed by atoms with van der Waals surface area (Å²) >= 11 is 0. The zero-order valence-electron chi connectivity index (χ0n) is 9.90. The fourth-order valence-electron chi connectivity index (χ4n) is 1.71. The molecule has 0 spiro atoms. The molecule has 1 fully saturated rings. The molecule has 6 heteroatoms. The van der Waals surface area contributed by atoms with Gasteiger partial charge in [0.1, 0.15) is 4.90 Å². The van der Waals surface area contributed by atoms with Crippen molar-refractivity contribution in [2.75, 3.05) is 18.1 Å². The van der Waals surface area contributed by atoms with Gasteiger partial charge in [-0.2, -0.15) is 0 Å². The lowest BCUT2D eigenvalue weighted by Gasteiger charge is -2.12. The lowest BCUT2D eigenvalue weighted by atomic mass is 10.3. The average molecular weight is 255 g/mol. The van der Waals surface area contributed by atoms with Gasteiger partial charge < -0.3 is 11.1 Å². The maximum atomic E-state index is 11.9. The van der Waals surface area contributed by atoms with Gasteiger partial charge in [0.05, 0.1) is 5.69 Å². The Bertz CT molecular complexity index is 528. The number of sulfonamides is 1. The quantitative estimate of drug-likeness (QED) is 0.701. The molecule has 0 aliphatic heterocycles. The van der Waals surface area contributed by atoms with Crippen molar-refractivity contribution in [3.05, 3.63) is 18.2 Å². The van der Waals surface area contributed by atoms with Gasteiger partial charge in [0.2, 0.25) is 10.0 Å². The molecule has 0 aromatic heterocycles. The van der Waals surface area contributed by atoms with Gasteiger partial charge in [-0.15, -0.1) is 0 Å². The molecule has 94 valence electrons. The van der Waals surface area contributed by atoms with Crippen molar-refractivity contribution in [2.45, 2.75) is 24.3 Å². The van der Waals surface area contributed by atoms with Gasteiger partial charge in [-0.1, -0.05) is 6.92 Å². The maximum Gasteiger partial charge on any atom is 0.242 e. The van der Waals surface area contributed by atoms with Crippen molar-refractivity contribution >= 4 is 21.4 Å². The summed E-state index contributed by atoms with van der Waals surface area (Å²) in [6, 6.07) is 5.25. The minimum absolute atomic E-state index is 0.208. The lowest BCUT2D eigenvalue weighted by Crippen LogP contribution is -2.21. The first-order chi connectivity index (χ1) is 7.94. The van der Waals surface area contributed by atoms with Crippen molar-refractivity contribution in [3.8, 4) is 0 Å². The molecule has 1 aromatic carbocycles. The molecule has 1 aliphatic carbocycles. The Balaban J connectivity index is 2.37. The molecule has 2 rings (SSSR count). The normalized spacial score (nSPS) is 23.4. The first kappa shape index (κ1) is 12.2. The molecular weight excluding hydrogens is 238 g/mol. The second kappa shape index (κ2) is 4.19. The standard InChI is InChI=1S/C11H17N3O2S/c1-7-5-10(7)14-9-4-3-8(12)6-11(9)17(15,16)13-2/h3-4,6-7,10,13-14H,5,12H2,1-2H3. The molecule has 0 saturated heterocycles. The SMILES string of the molecule is CNS(=O)(=O)c1cc(N)ccc1NC1CC1C. The van der Waals surface area contributed by atoms with Gasteiger partial charge in [-0.25, -0.2) is 13.1 Å². The monoisotopic (exact) mass is 255 g/mol. The highest BCUT2D eigenvalue weighted by Gasteiger charge is 2.33. The minimum Gasteiger partial charge on any atom is -0.399 e. The van der Waals surface area contributed by atoms with Crippen LogP contribution >= 0.6 is 0 Å². The second-order valence-electron chi connectivity index (χ2n) is 4.43. The number of nitrogens with one attached hydrogen (secondary N) is 2. The highest BCUT2D eigenvalue weighted by molar-refractivity contribution is 7.89. The molecule has 2 unspecified atom stereocenters. The third-order valence-electron chi connectivity index (χ3n) is 3.01. The number of anilines is 2. The number of nitrogen functional groups attached to an aromatic ring is 1. The van der Waals surface area contributed by atoms with Crippen LogP contribution in [0.2, 0.25) is 0 Å².